The summed E-state index contributed by atoms with van der Waals surface area (Å²) in [6, 6.07) is 2.82. The van der Waals surface area contributed by atoms with E-state index in [1.54, 1.807) is 0 Å². The van der Waals surface area contributed by atoms with Crippen LogP contribution in [0.2, 0.25) is 0 Å². The summed E-state index contributed by atoms with van der Waals surface area (Å²) in [5.41, 5.74) is 4.56. The molecule has 0 aromatic carbocycles. The number of carbonyl (C=O) groups excluding carboxylic acids is 1. The molecule has 29 heavy (non-hydrogen) atoms. The normalized spacial score (nSPS) is 26.8. The van der Waals surface area contributed by atoms with Crippen LogP contribution in [0.3, 0.4) is 0 Å². The molecule has 1 saturated heterocycles. The summed E-state index contributed by atoms with van der Waals surface area (Å²) in [6.07, 6.45) is 7.96. The largest absolute Gasteiger partial charge is 0.352 e. The highest BCUT2D eigenvalue weighted by atomic mass is 16.2. The van der Waals surface area contributed by atoms with Crippen LogP contribution in [0.4, 0.5) is 5.82 Å². The van der Waals surface area contributed by atoms with E-state index in [1.165, 1.54) is 42.5 Å². The van der Waals surface area contributed by atoms with Crippen molar-refractivity contribution >= 4 is 11.7 Å². The fourth-order valence-electron chi connectivity index (χ4n) is 5.34. The molecule has 1 aromatic heterocycles. The maximum atomic E-state index is 12.8. The fraction of sp³-hybridized carbons (Fsp3) is 0.696. The van der Waals surface area contributed by atoms with E-state index in [4.69, 9.17) is 4.98 Å². The Hall–Kier alpha value is -2.13. The van der Waals surface area contributed by atoms with Gasteiger partial charge in [-0.1, -0.05) is 0 Å². The van der Waals surface area contributed by atoms with Crippen molar-refractivity contribution in [3.63, 3.8) is 0 Å². The summed E-state index contributed by atoms with van der Waals surface area (Å²) in [7, 11) is 0. The number of fused-ring (bicyclic) bond motifs is 1. The van der Waals surface area contributed by atoms with Crippen LogP contribution >= 0.6 is 0 Å². The van der Waals surface area contributed by atoms with Crippen molar-refractivity contribution in [2.75, 3.05) is 31.1 Å². The lowest BCUT2D eigenvalue weighted by molar-refractivity contribution is -0.135. The van der Waals surface area contributed by atoms with Gasteiger partial charge in [-0.25, -0.2) is 4.98 Å². The third-order valence-electron chi connectivity index (χ3n) is 7.45. The van der Waals surface area contributed by atoms with Gasteiger partial charge < -0.3 is 15.1 Å². The van der Waals surface area contributed by atoms with E-state index in [9.17, 15) is 10.1 Å². The van der Waals surface area contributed by atoms with Gasteiger partial charge in [-0.15, -0.1) is 0 Å². The molecule has 0 bridgehead atoms. The standard InChI is InChI=1S/C23H29N5O/c24-11-18-17-7-8-25-12-19(17)21(15-3-4-15)26-22(18)27-9-10-28(23(29)16-5-6-16)20(13-27)14-1-2-14/h14-16,20,25H,1-10,12-13H2/t20-/m0/s1. The molecule has 152 valence electrons. The van der Waals surface area contributed by atoms with Crippen molar-refractivity contribution in [1.29, 1.82) is 5.26 Å². The van der Waals surface area contributed by atoms with Crippen LogP contribution in [-0.4, -0.2) is 48.0 Å². The van der Waals surface area contributed by atoms with Crippen LogP contribution < -0.4 is 10.2 Å². The molecule has 3 saturated carbocycles. The maximum Gasteiger partial charge on any atom is 0.226 e. The lowest BCUT2D eigenvalue weighted by Crippen LogP contribution is -2.57. The first kappa shape index (κ1) is 17.7. The molecule has 0 spiro atoms. The first-order valence-electron chi connectivity index (χ1n) is 11.5. The quantitative estimate of drug-likeness (QED) is 0.853. The molecule has 6 nitrogen and oxygen atoms in total. The second kappa shape index (κ2) is 6.70. The number of anilines is 1. The zero-order valence-corrected chi connectivity index (χ0v) is 17.0. The highest BCUT2D eigenvalue weighted by Gasteiger charge is 2.45. The van der Waals surface area contributed by atoms with E-state index in [-0.39, 0.29) is 5.92 Å². The van der Waals surface area contributed by atoms with E-state index < -0.39 is 0 Å². The van der Waals surface area contributed by atoms with E-state index >= 15 is 0 Å². The molecule has 5 aliphatic rings. The molecular weight excluding hydrogens is 362 g/mol. The Labute approximate surface area is 172 Å². The van der Waals surface area contributed by atoms with Gasteiger partial charge in [0.15, 0.2) is 0 Å². The molecule has 0 unspecified atom stereocenters. The topological polar surface area (TPSA) is 72.3 Å². The van der Waals surface area contributed by atoms with Gasteiger partial charge in [-0.3, -0.25) is 4.79 Å². The molecule has 6 rings (SSSR count). The van der Waals surface area contributed by atoms with Crippen LogP contribution in [0.15, 0.2) is 0 Å². The Morgan fingerprint density at radius 2 is 1.93 bits per heavy atom. The summed E-state index contributed by atoms with van der Waals surface area (Å²) in [5, 5.41) is 13.5. The zero-order valence-electron chi connectivity index (χ0n) is 17.0. The molecule has 4 fully saturated rings. The Balaban J connectivity index is 1.35. The number of amides is 1. The lowest BCUT2D eigenvalue weighted by Gasteiger charge is -2.43. The molecule has 2 aliphatic heterocycles. The van der Waals surface area contributed by atoms with Crippen molar-refractivity contribution in [1.82, 2.24) is 15.2 Å². The number of nitrogens with zero attached hydrogens (tertiary/aromatic N) is 4. The first-order chi connectivity index (χ1) is 14.2. The van der Waals surface area contributed by atoms with Gasteiger partial charge >= 0.3 is 0 Å². The van der Waals surface area contributed by atoms with Crippen LogP contribution in [-0.2, 0) is 17.8 Å². The predicted octanol–water partition coefficient (Wildman–Crippen LogP) is 2.31. The fourth-order valence-corrected chi connectivity index (χ4v) is 5.34. The third kappa shape index (κ3) is 3.11. The van der Waals surface area contributed by atoms with Crippen molar-refractivity contribution in [3.8, 4) is 6.07 Å². The minimum Gasteiger partial charge on any atom is -0.352 e. The smallest absolute Gasteiger partial charge is 0.226 e. The number of carbonyl (C=O) groups is 1. The van der Waals surface area contributed by atoms with Gasteiger partial charge in [0.2, 0.25) is 5.91 Å². The number of nitriles is 1. The summed E-state index contributed by atoms with van der Waals surface area (Å²) in [5.74, 6) is 2.78. The van der Waals surface area contributed by atoms with Crippen molar-refractivity contribution in [3.05, 3.63) is 22.4 Å². The molecule has 6 heteroatoms. The summed E-state index contributed by atoms with van der Waals surface area (Å²) in [4.78, 5) is 22.5. The van der Waals surface area contributed by atoms with Gasteiger partial charge in [-0.2, -0.15) is 5.26 Å². The number of pyridine rings is 1. The van der Waals surface area contributed by atoms with Crippen molar-refractivity contribution in [2.24, 2.45) is 11.8 Å². The summed E-state index contributed by atoms with van der Waals surface area (Å²) >= 11 is 0. The molecule has 1 amide bonds. The SMILES string of the molecule is N#Cc1c(N2CCN(C(=O)C3CC3)[C@H](C3CC3)C2)nc(C2CC2)c2c1CCNC2. The monoisotopic (exact) mass is 391 g/mol. The Kier molecular flexibility index (Phi) is 4.09. The van der Waals surface area contributed by atoms with Crippen molar-refractivity contribution < 1.29 is 4.79 Å². The second-order valence-electron chi connectivity index (χ2n) is 9.62. The third-order valence-corrected chi connectivity index (χ3v) is 7.45. The van der Waals surface area contributed by atoms with Crippen LogP contribution in [0.5, 0.6) is 0 Å². The molecule has 3 aliphatic carbocycles. The Morgan fingerprint density at radius 1 is 1.10 bits per heavy atom. The Bertz CT molecular complexity index is 894. The Morgan fingerprint density at radius 3 is 2.62 bits per heavy atom. The van der Waals surface area contributed by atoms with Gasteiger partial charge in [0.05, 0.1) is 17.3 Å². The first-order valence-corrected chi connectivity index (χ1v) is 11.5. The summed E-state index contributed by atoms with van der Waals surface area (Å²) < 4.78 is 0. The molecule has 1 aromatic rings. The molecule has 0 radical (unpaired) electrons. The number of hydrogen-bond acceptors (Lipinski definition) is 5. The average molecular weight is 392 g/mol. The highest BCUT2D eigenvalue weighted by Crippen LogP contribution is 2.45. The van der Waals surface area contributed by atoms with Crippen LogP contribution in [0, 0.1) is 23.2 Å². The van der Waals surface area contributed by atoms with E-state index in [0.717, 1.165) is 63.4 Å². The van der Waals surface area contributed by atoms with Crippen LogP contribution in [0.25, 0.3) is 0 Å². The molecule has 3 heterocycles. The van der Waals surface area contributed by atoms with E-state index in [0.29, 0.717) is 23.8 Å². The zero-order chi connectivity index (χ0) is 19.5. The molecule has 1 N–H and O–H groups in total. The molecular formula is C23H29N5O. The lowest BCUT2D eigenvalue weighted by atomic mass is 9.93. The van der Waals surface area contributed by atoms with Gasteiger partial charge in [0, 0.05) is 38.0 Å². The number of rotatable bonds is 4. The minimum absolute atomic E-state index is 0.285. The minimum atomic E-state index is 0.285. The van der Waals surface area contributed by atoms with Gasteiger partial charge in [0.25, 0.3) is 0 Å². The van der Waals surface area contributed by atoms with Crippen molar-refractivity contribution in [2.45, 2.75) is 63.5 Å². The number of piperazine rings is 1. The number of nitrogens with one attached hydrogen (secondary N) is 1. The average Bonchev–Trinajstić information content (AvgIpc) is 3.60. The number of aromatic nitrogens is 1. The van der Waals surface area contributed by atoms with Gasteiger partial charge in [0.1, 0.15) is 11.9 Å². The molecule has 1 atom stereocenters. The summed E-state index contributed by atoms with van der Waals surface area (Å²) in [6.45, 7) is 4.19. The second-order valence-corrected chi connectivity index (χ2v) is 9.62. The van der Waals surface area contributed by atoms with E-state index in [2.05, 4.69) is 21.2 Å². The van der Waals surface area contributed by atoms with Crippen LogP contribution in [0.1, 0.15) is 66.8 Å². The van der Waals surface area contributed by atoms with E-state index in [1.807, 2.05) is 0 Å². The number of hydrogen-bond donors (Lipinski definition) is 1. The maximum absolute atomic E-state index is 12.8. The highest BCUT2D eigenvalue weighted by molar-refractivity contribution is 5.82. The van der Waals surface area contributed by atoms with Gasteiger partial charge in [-0.05, 0) is 68.5 Å². The predicted molar refractivity (Wildman–Crippen MR) is 109 cm³/mol.